The van der Waals surface area contributed by atoms with Crippen molar-refractivity contribution < 1.29 is 32.3 Å². The summed E-state index contributed by atoms with van der Waals surface area (Å²) in [6.07, 6.45) is -4.49. The summed E-state index contributed by atoms with van der Waals surface area (Å²) < 4.78 is 45.7. The van der Waals surface area contributed by atoms with E-state index in [4.69, 9.17) is 4.74 Å². The zero-order valence-corrected chi connectivity index (χ0v) is 18.1. The molecule has 0 spiro atoms. The number of halogens is 3. The smallest absolute Gasteiger partial charge is 0.416 e. The molecular formula is C21H18F3N3O4S. The van der Waals surface area contributed by atoms with Gasteiger partial charge in [-0.3, -0.25) is 9.59 Å². The summed E-state index contributed by atoms with van der Waals surface area (Å²) >= 11 is 1.03. The van der Waals surface area contributed by atoms with Crippen LogP contribution in [-0.4, -0.2) is 33.8 Å². The number of alkyl halides is 3. The summed E-state index contributed by atoms with van der Waals surface area (Å²) in [5.74, 6) is -1.69. The van der Waals surface area contributed by atoms with E-state index in [0.717, 1.165) is 23.5 Å². The Bertz CT molecular complexity index is 1200. The summed E-state index contributed by atoms with van der Waals surface area (Å²) in [5.41, 5.74) is 0.608. The first-order chi connectivity index (χ1) is 15.0. The number of benzene rings is 1. The highest BCUT2D eigenvalue weighted by atomic mass is 32.1. The molecule has 3 rings (SSSR count). The number of ether oxygens (including phenoxy) is 1. The number of ketones is 1. The van der Waals surface area contributed by atoms with Crippen molar-refractivity contribution in [3.8, 4) is 5.69 Å². The average molecular weight is 465 g/mol. The second-order valence-corrected chi connectivity index (χ2v) is 7.74. The maximum Gasteiger partial charge on any atom is 0.416 e. The molecule has 0 bridgehead atoms. The van der Waals surface area contributed by atoms with Gasteiger partial charge in [0.15, 0.2) is 17.4 Å². The maximum absolute atomic E-state index is 13.1. The number of aromatic nitrogens is 2. The van der Waals surface area contributed by atoms with Crippen molar-refractivity contribution in [2.45, 2.75) is 26.9 Å². The SMILES string of the molecule is CC(=O)Nc1nc(C(=O)OCC(=O)c2cc(C)n(-c3cccc(C(F)(F)F)c3)c2C)cs1. The third-order valence-electron chi connectivity index (χ3n) is 4.49. The third kappa shape index (κ3) is 5.05. The minimum absolute atomic E-state index is 0.0546. The Morgan fingerprint density at radius 3 is 2.56 bits per heavy atom. The van der Waals surface area contributed by atoms with E-state index in [0.29, 0.717) is 11.4 Å². The van der Waals surface area contributed by atoms with E-state index in [9.17, 15) is 27.6 Å². The summed E-state index contributed by atoms with van der Waals surface area (Å²) in [6, 6.07) is 6.31. The molecule has 168 valence electrons. The van der Waals surface area contributed by atoms with Crippen LogP contribution in [0.5, 0.6) is 0 Å². The van der Waals surface area contributed by atoms with Crippen molar-refractivity contribution in [1.82, 2.24) is 9.55 Å². The first kappa shape index (κ1) is 23.2. The number of nitrogens with zero attached hydrogens (tertiary/aromatic N) is 2. The Morgan fingerprint density at radius 1 is 1.19 bits per heavy atom. The minimum atomic E-state index is -4.49. The molecule has 0 aliphatic heterocycles. The number of hydrogen-bond donors (Lipinski definition) is 1. The van der Waals surface area contributed by atoms with Crippen LogP contribution in [0.25, 0.3) is 5.69 Å². The highest BCUT2D eigenvalue weighted by Crippen LogP contribution is 2.31. The third-order valence-corrected chi connectivity index (χ3v) is 5.25. The van der Waals surface area contributed by atoms with Gasteiger partial charge in [0.05, 0.1) is 5.56 Å². The molecule has 32 heavy (non-hydrogen) atoms. The molecule has 1 amide bonds. The second-order valence-electron chi connectivity index (χ2n) is 6.89. The predicted molar refractivity (Wildman–Crippen MR) is 111 cm³/mol. The molecule has 0 saturated heterocycles. The maximum atomic E-state index is 13.1. The van der Waals surface area contributed by atoms with Crippen molar-refractivity contribution >= 4 is 34.1 Å². The van der Waals surface area contributed by atoms with Crippen LogP contribution in [0.3, 0.4) is 0 Å². The highest BCUT2D eigenvalue weighted by molar-refractivity contribution is 7.14. The number of thiazole rings is 1. The summed E-state index contributed by atoms with van der Waals surface area (Å²) in [5, 5.41) is 4.05. The lowest BCUT2D eigenvalue weighted by Crippen LogP contribution is -2.15. The van der Waals surface area contributed by atoms with Crippen LogP contribution in [0.15, 0.2) is 35.7 Å². The van der Waals surface area contributed by atoms with Crippen molar-refractivity contribution in [3.05, 3.63) is 63.9 Å². The van der Waals surface area contributed by atoms with Gasteiger partial charge < -0.3 is 14.6 Å². The van der Waals surface area contributed by atoms with Crippen molar-refractivity contribution in [1.29, 1.82) is 0 Å². The van der Waals surface area contributed by atoms with Crippen molar-refractivity contribution in [2.75, 3.05) is 11.9 Å². The van der Waals surface area contributed by atoms with Crippen molar-refractivity contribution in [2.24, 2.45) is 0 Å². The van der Waals surface area contributed by atoms with Crippen LogP contribution < -0.4 is 5.32 Å². The first-order valence-corrected chi connectivity index (χ1v) is 10.2. The van der Waals surface area contributed by atoms with Gasteiger partial charge in [0.1, 0.15) is 0 Å². The zero-order valence-electron chi connectivity index (χ0n) is 17.2. The van der Waals surface area contributed by atoms with Crippen LogP contribution in [0.2, 0.25) is 0 Å². The lowest BCUT2D eigenvalue weighted by atomic mass is 10.1. The van der Waals surface area contributed by atoms with Crippen LogP contribution in [0.1, 0.15) is 44.7 Å². The molecule has 2 aromatic heterocycles. The highest BCUT2D eigenvalue weighted by Gasteiger charge is 2.31. The van der Waals surface area contributed by atoms with E-state index < -0.39 is 30.1 Å². The van der Waals surface area contributed by atoms with E-state index in [1.54, 1.807) is 13.8 Å². The largest absolute Gasteiger partial charge is 0.453 e. The minimum Gasteiger partial charge on any atom is -0.453 e. The number of hydrogen-bond acceptors (Lipinski definition) is 6. The standard InChI is InChI=1S/C21H18F3N3O4S/c1-11-7-16(12(2)27(11)15-6-4-5-14(8-15)21(22,23)24)18(29)9-31-19(30)17-10-32-20(26-17)25-13(3)28/h4-8,10H,9H2,1-3H3,(H,25,26,28). The molecule has 0 unspecified atom stereocenters. The van der Waals surface area contributed by atoms with Crippen LogP contribution in [-0.2, 0) is 15.7 Å². The number of Topliss-reactive ketones (excluding diaryl/α,β-unsaturated/α-hetero) is 1. The predicted octanol–water partition coefficient (Wildman–Crippen LogP) is 4.57. The van der Waals surface area contributed by atoms with E-state index in [-0.39, 0.29) is 28.0 Å². The molecule has 1 N–H and O–H groups in total. The molecule has 0 fully saturated rings. The second kappa shape index (κ2) is 8.95. The molecule has 2 heterocycles. The van der Waals surface area contributed by atoms with Gasteiger partial charge in [-0.2, -0.15) is 13.2 Å². The lowest BCUT2D eigenvalue weighted by molar-refractivity contribution is -0.137. The van der Waals surface area contributed by atoms with Crippen molar-refractivity contribution in [3.63, 3.8) is 0 Å². The number of esters is 1. The van der Waals surface area contributed by atoms with Gasteiger partial charge in [-0.05, 0) is 38.1 Å². The van der Waals surface area contributed by atoms with Gasteiger partial charge in [-0.15, -0.1) is 11.3 Å². The van der Waals surface area contributed by atoms with E-state index in [1.807, 2.05) is 0 Å². The number of carbonyl (C=O) groups is 3. The fraction of sp³-hybridized carbons (Fsp3) is 0.238. The molecule has 0 radical (unpaired) electrons. The van der Waals surface area contributed by atoms with Gasteiger partial charge in [-0.25, -0.2) is 9.78 Å². The monoisotopic (exact) mass is 465 g/mol. The topological polar surface area (TPSA) is 90.3 Å². The number of anilines is 1. The number of carbonyl (C=O) groups excluding carboxylic acids is 3. The summed E-state index contributed by atoms with van der Waals surface area (Å²) in [4.78, 5) is 39.7. The van der Waals surface area contributed by atoms with Gasteiger partial charge in [-0.1, -0.05) is 6.07 Å². The number of nitrogens with one attached hydrogen (secondary N) is 1. The molecule has 3 aromatic rings. The van der Waals surface area contributed by atoms with Crippen LogP contribution >= 0.6 is 11.3 Å². The molecule has 0 saturated carbocycles. The van der Waals surface area contributed by atoms with Crippen LogP contribution in [0.4, 0.5) is 18.3 Å². The molecule has 7 nitrogen and oxygen atoms in total. The Kier molecular flexibility index (Phi) is 6.49. The normalized spacial score (nSPS) is 11.3. The number of aryl methyl sites for hydroxylation is 1. The zero-order chi connectivity index (χ0) is 23.6. The Morgan fingerprint density at radius 2 is 1.91 bits per heavy atom. The quantitative estimate of drug-likeness (QED) is 0.426. The van der Waals surface area contributed by atoms with E-state index >= 15 is 0 Å². The fourth-order valence-electron chi connectivity index (χ4n) is 3.12. The van der Waals surface area contributed by atoms with Crippen LogP contribution in [0, 0.1) is 13.8 Å². The molecule has 11 heteroatoms. The Hall–Kier alpha value is -3.47. The molecule has 0 atom stereocenters. The Balaban J connectivity index is 1.75. The molecule has 1 aromatic carbocycles. The fourth-order valence-corrected chi connectivity index (χ4v) is 3.85. The van der Waals surface area contributed by atoms with Gasteiger partial charge in [0.2, 0.25) is 11.7 Å². The van der Waals surface area contributed by atoms with Gasteiger partial charge >= 0.3 is 12.1 Å². The molecule has 0 aliphatic carbocycles. The molecular weight excluding hydrogens is 447 g/mol. The average Bonchev–Trinajstić information content (AvgIpc) is 3.29. The number of rotatable bonds is 6. The van der Waals surface area contributed by atoms with E-state index in [2.05, 4.69) is 10.3 Å². The summed E-state index contributed by atoms with van der Waals surface area (Å²) in [7, 11) is 0. The Labute approximate surface area is 184 Å². The lowest BCUT2D eigenvalue weighted by Gasteiger charge is -2.13. The number of amides is 1. The molecule has 0 aliphatic rings. The van der Waals surface area contributed by atoms with Gasteiger partial charge in [0, 0.05) is 34.9 Å². The van der Waals surface area contributed by atoms with E-state index in [1.165, 1.54) is 35.1 Å². The first-order valence-electron chi connectivity index (χ1n) is 9.27. The summed E-state index contributed by atoms with van der Waals surface area (Å²) in [6.45, 7) is 3.99. The van der Waals surface area contributed by atoms with Gasteiger partial charge in [0.25, 0.3) is 0 Å².